The first-order valence-corrected chi connectivity index (χ1v) is 12.8. The SMILES string of the molecule is CC[S+]([O-])c1ccc(CC(=O)NC2=CCC(OC(C)(C)c3nc4ccc(Cl)cc4[nH]3)C#C2)cc1. The molecule has 1 aliphatic rings. The first-order chi connectivity index (χ1) is 16.2. The average Bonchev–Trinajstić information content (AvgIpc) is 3.24. The lowest BCUT2D eigenvalue weighted by atomic mass is 10.1. The minimum Gasteiger partial charge on any atom is -0.611 e. The molecule has 4 rings (SSSR count). The van der Waals surface area contributed by atoms with Gasteiger partial charge in [0, 0.05) is 11.4 Å². The number of fused-ring (bicyclic) bond motifs is 1. The van der Waals surface area contributed by atoms with Gasteiger partial charge in [0.25, 0.3) is 0 Å². The van der Waals surface area contributed by atoms with E-state index < -0.39 is 16.8 Å². The molecular weight excluding hydrogens is 470 g/mol. The van der Waals surface area contributed by atoms with Crippen molar-refractivity contribution in [2.45, 2.75) is 50.2 Å². The van der Waals surface area contributed by atoms with E-state index in [9.17, 15) is 9.35 Å². The maximum atomic E-state index is 12.4. The van der Waals surface area contributed by atoms with E-state index in [1.807, 2.05) is 63.2 Å². The van der Waals surface area contributed by atoms with Crippen LogP contribution in [0.3, 0.4) is 0 Å². The third kappa shape index (κ3) is 5.83. The number of aromatic amines is 1. The third-order valence-corrected chi connectivity index (χ3v) is 7.00. The van der Waals surface area contributed by atoms with E-state index in [4.69, 9.17) is 16.3 Å². The number of H-pyrrole nitrogens is 1. The Hall–Kier alpha value is -2.76. The molecule has 0 radical (unpaired) electrons. The Morgan fingerprint density at radius 3 is 2.76 bits per heavy atom. The number of imidazole rings is 1. The second-order valence-corrected chi connectivity index (χ2v) is 10.7. The maximum absolute atomic E-state index is 12.4. The summed E-state index contributed by atoms with van der Waals surface area (Å²) in [6, 6.07) is 12.8. The van der Waals surface area contributed by atoms with Crippen molar-refractivity contribution in [2.24, 2.45) is 0 Å². The molecule has 6 nitrogen and oxygen atoms in total. The van der Waals surface area contributed by atoms with Crippen molar-refractivity contribution >= 4 is 39.7 Å². The molecule has 1 heterocycles. The number of amides is 1. The summed E-state index contributed by atoms with van der Waals surface area (Å²) >= 11 is 5.07. The molecule has 176 valence electrons. The van der Waals surface area contributed by atoms with Crippen LogP contribution in [0.5, 0.6) is 0 Å². The Bertz CT molecular complexity index is 1290. The fraction of sp³-hybridized carbons (Fsp3) is 0.308. The summed E-state index contributed by atoms with van der Waals surface area (Å²) in [7, 11) is 0. The van der Waals surface area contributed by atoms with Gasteiger partial charge in [0.2, 0.25) is 5.91 Å². The van der Waals surface area contributed by atoms with Gasteiger partial charge in [-0.1, -0.05) is 29.7 Å². The highest BCUT2D eigenvalue weighted by molar-refractivity contribution is 7.91. The molecule has 0 saturated carbocycles. The van der Waals surface area contributed by atoms with Crippen LogP contribution in [0.25, 0.3) is 11.0 Å². The van der Waals surface area contributed by atoms with Gasteiger partial charge in [-0.2, -0.15) is 0 Å². The third-order valence-electron chi connectivity index (χ3n) is 5.44. The van der Waals surface area contributed by atoms with E-state index in [0.29, 0.717) is 28.7 Å². The fourth-order valence-electron chi connectivity index (χ4n) is 3.64. The molecule has 1 aliphatic carbocycles. The van der Waals surface area contributed by atoms with Crippen LogP contribution in [-0.2, 0) is 32.7 Å². The zero-order chi connectivity index (χ0) is 24.3. The number of halogens is 1. The van der Waals surface area contributed by atoms with Gasteiger partial charge in [-0.15, -0.1) is 0 Å². The molecule has 3 aromatic rings. The molecule has 2 atom stereocenters. The minimum absolute atomic E-state index is 0.148. The number of benzene rings is 2. The van der Waals surface area contributed by atoms with E-state index >= 15 is 0 Å². The Morgan fingerprint density at radius 2 is 2.09 bits per heavy atom. The Kier molecular flexibility index (Phi) is 7.34. The van der Waals surface area contributed by atoms with E-state index in [1.54, 1.807) is 6.07 Å². The van der Waals surface area contributed by atoms with Crippen molar-refractivity contribution in [1.82, 2.24) is 15.3 Å². The Balaban J connectivity index is 1.32. The lowest BCUT2D eigenvalue weighted by Gasteiger charge is -2.27. The molecule has 0 spiro atoms. The van der Waals surface area contributed by atoms with Gasteiger partial charge >= 0.3 is 0 Å². The predicted octanol–water partition coefficient (Wildman–Crippen LogP) is 4.61. The molecule has 0 fully saturated rings. The van der Waals surface area contributed by atoms with Gasteiger partial charge in [-0.3, -0.25) is 4.79 Å². The first kappa shape index (κ1) is 24.4. The molecule has 8 heteroatoms. The Labute approximate surface area is 207 Å². The van der Waals surface area contributed by atoms with Crippen molar-refractivity contribution < 1.29 is 14.1 Å². The first-order valence-electron chi connectivity index (χ1n) is 11.1. The van der Waals surface area contributed by atoms with E-state index in [2.05, 4.69) is 27.1 Å². The molecule has 2 unspecified atom stereocenters. The maximum Gasteiger partial charge on any atom is 0.229 e. The molecule has 2 aromatic carbocycles. The lowest BCUT2D eigenvalue weighted by molar-refractivity contribution is -0.119. The number of hydrogen-bond acceptors (Lipinski definition) is 4. The van der Waals surface area contributed by atoms with Crippen LogP contribution in [0.15, 0.2) is 59.1 Å². The zero-order valence-electron chi connectivity index (χ0n) is 19.3. The van der Waals surface area contributed by atoms with Crippen molar-refractivity contribution in [2.75, 3.05) is 5.75 Å². The monoisotopic (exact) mass is 495 g/mol. The predicted molar refractivity (Wildman–Crippen MR) is 135 cm³/mol. The van der Waals surface area contributed by atoms with Crippen molar-refractivity contribution in [3.63, 3.8) is 0 Å². The van der Waals surface area contributed by atoms with Crippen molar-refractivity contribution in [3.8, 4) is 11.8 Å². The minimum atomic E-state index is -0.997. The summed E-state index contributed by atoms with van der Waals surface area (Å²) in [5, 5.41) is 3.50. The number of carbonyl (C=O) groups excluding carboxylic acids is 1. The summed E-state index contributed by atoms with van der Waals surface area (Å²) in [6.07, 6.45) is 2.33. The van der Waals surface area contributed by atoms with Crippen LogP contribution < -0.4 is 5.32 Å². The van der Waals surface area contributed by atoms with Gasteiger partial charge in [0.1, 0.15) is 23.3 Å². The normalized spacial score (nSPS) is 16.5. The van der Waals surface area contributed by atoms with Crippen molar-refractivity contribution in [1.29, 1.82) is 0 Å². The summed E-state index contributed by atoms with van der Waals surface area (Å²) in [5.74, 6) is 7.19. The quantitative estimate of drug-likeness (QED) is 0.352. The highest BCUT2D eigenvalue weighted by Gasteiger charge is 2.29. The summed E-state index contributed by atoms with van der Waals surface area (Å²) in [5.41, 5.74) is 2.42. The van der Waals surface area contributed by atoms with Crippen LogP contribution in [0.1, 0.15) is 38.6 Å². The van der Waals surface area contributed by atoms with Crippen LogP contribution in [0.2, 0.25) is 5.02 Å². The second-order valence-electron chi connectivity index (χ2n) is 8.49. The number of nitrogens with zero attached hydrogens (tertiary/aromatic N) is 1. The largest absolute Gasteiger partial charge is 0.611 e. The number of carbonyl (C=O) groups is 1. The van der Waals surface area contributed by atoms with E-state index in [-0.39, 0.29) is 18.4 Å². The molecule has 34 heavy (non-hydrogen) atoms. The smallest absolute Gasteiger partial charge is 0.229 e. The highest BCUT2D eigenvalue weighted by atomic mass is 35.5. The molecule has 0 aliphatic heterocycles. The number of aromatic nitrogens is 2. The Morgan fingerprint density at radius 1 is 1.32 bits per heavy atom. The standard InChI is InChI=1S/C26H26ClN3O3S/c1-4-34(32)21-12-5-17(6-13-21)15-24(31)28-19-8-10-20(11-9-19)33-26(2,3)25-29-22-14-7-18(27)16-23(22)30-25/h5-8,12-14,16,20H,4,10,15H2,1-3H3,(H,28,31)(H,29,30). The summed E-state index contributed by atoms with van der Waals surface area (Å²) < 4.78 is 18.1. The van der Waals surface area contributed by atoms with Crippen LogP contribution in [0, 0.1) is 11.8 Å². The van der Waals surface area contributed by atoms with Crippen LogP contribution in [-0.4, -0.2) is 32.3 Å². The van der Waals surface area contributed by atoms with Gasteiger partial charge in [-0.25, -0.2) is 4.98 Å². The van der Waals surface area contributed by atoms with Crippen molar-refractivity contribution in [3.05, 3.63) is 70.6 Å². The molecule has 0 bridgehead atoms. The van der Waals surface area contributed by atoms with E-state index in [1.165, 1.54) is 0 Å². The molecule has 1 aromatic heterocycles. The van der Waals surface area contributed by atoms with Gasteiger partial charge < -0.3 is 19.6 Å². The fourth-order valence-corrected chi connectivity index (χ4v) is 4.58. The molecular formula is C26H26ClN3O3S. The summed E-state index contributed by atoms with van der Waals surface area (Å²) in [6.45, 7) is 5.76. The molecule has 1 amide bonds. The number of nitrogens with one attached hydrogen (secondary N) is 2. The number of hydrogen-bond donors (Lipinski definition) is 2. The van der Waals surface area contributed by atoms with E-state index in [0.717, 1.165) is 21.5 Å². The zero-order valence-corrected chi connectivity index (χ0v) is 20.8. The topological polar surface area (TPSA) is 90.1 Å². The van der Waals surface area contributed by atoms with Gasteiger partial charge in [0.15, 0.2) is 4.90 Å². The number of ether oxygens (including phenoxy) is 1. The summed E-state index contributed by atoms with van der Waals surface area (Å²) in [4.78, 5) is 21.1. The second kappa shape index (κ2) is 10.2. The number of rotatable bonds is 8. The molecule has 2 N–H and O–H groups in total. The van der Waals surface area contributed by atoms with Crippen LogP contribution in [0.4, 0.5) is 0 Å². The van der Waals surface area contributed by atoms with Gasteiger partial charge in [-0.05, 0) is 79.8 Å². The highest BCUT2D eigenvalue weighted by Crippen LogP contribution is 2.28. The molecule has 0 saturated heterocycles. The lowest BCUT2D eigenvalue weighted by Crippen LogP contribution is -2.31. The van der Waals surface area contributed by atoms with Gasteiger partial charge in [0.05, 0.1) is 23.2 Å². The van der Waals surface area contributed by atoms with Crippen LogP contribution >= 0.6 is 11.6 Å². The average molecular weight is 496 g/mol. The number of allylic oxidation sites excluding steroid dienone is 1.